The molecule has 0 unspecified atom stereocenters. The number of nitrogen functional groups attached to an aromatic ring is 1. The van der Waals surface area contributed by atoms with E-state index in [1.807, 2.05) is 0 Å². The van der Waals surface area contributed by atoms with Crippen LogP contribution in [-0.4, -0.2) is 10.9 Å². The predicted octanol–water partition coefficient (Wildman–Crippen LogP) is 3.79. The number of amides is 1. The molecule has 0 aliphatic heterocycles. The summed E-state index contributed by atoms with van der Waals surface area (Å²) in [6.07, 6.45) is 1.56. The topological polar surface area (TPSA) is 70.9 Å². The first-order valence-corrected chi connectivity index (χ1v) is 6.55. The van der Waals surface area contributed by atoms with E-state index >= 15 is 0 Å². The number of rotatable bonds is 2. The van der Waals surface area contributed by atoms with Crippen molar-refractivity contribution in [2.45, 2.75) is 0 Å². The van der Waals surface area contributed by atoms with Crippen LogP contribution in [0, 0.1) is 5.82 Å². The van der Waals surface area contributed by atoms with E-state index in [9.17, 15) is 9.18 Å². The van der Waals surface area contributed by atoms with E-state index < -0.39 is 11.7 Å². The monoisotopic (exact) mass is 303 g/mol. The van der Waals surface area contributed by atoms with Gasteiger partial charge in [-0.15, -0.1) is 0 Å². The van der Waals surface area contributed by atoms with Crippen LogP contribution in [0.5, 0.6) is 0 Å². The van der Waals surface area contributed by atoms with E-state index in [1.54, 1.807) is 24.4 Å². The third-order valence-corrected chi connectivity index (χ3v) is 3.36. The first-order valence-electron chi connectivity index (χ1n) is 6.17. The SMILES string of the molecule is Nc1ccc2[nH]cc(C(=O)Nc3ccc(Cl)cc3F)c2c1. The van der Waals surface area contributed by atoms with Gasteiger partial charge in [0, 0.05) is 27.8 Å². The molecule has 0 radical (unpaired) electrons. The Morgan fingerprint density at radius 2 is 2.05 bits per heavy atom. The maximum absolute atomic E-state index is 13.7. The lowest BCUT2D eigenvalue weighted by molar-refractivity contribution is 0.102. The van der Waals surface area contributed by atoms with Crippen molar-refractivity contribution >= 4 is 39.8 Å². The second-order valence-corrected chi connectivity index (χ2v) is 5.02. The number of nitrogens with two attached hydrogens (primary N) is 1. The molecule has 1 aromatic heterocycles. The smallest absolute Gasteiger partial charge is 0.257 e. The summed E-state index contributed by atoms with van der Waals surface area (Å²) in [4.78, 5) is 15.2. The predicted molar refractivity (Wildman–Crippen MR) is 82.1 cm³/mol. The number of benzene rings is 2. The number of aromatic nitrogens is 1. The first kappa shape index (κ1) is 13.5. The Balaban J connectivity index is 1.95. The van der Waals surface area contributed by atoms with Crippen LogP contribution in [0.3, 0.4) is 0 Å². The number of halogens is 2. The molecule has 0 saturated carbocycles. The van der Waals surface area contributed by atoms with E-state index in [-0.39, 0.29) is 10.7 Å². The standard InChI is InChI=1S/C15H11ClFN3O/c16-8-1-3-14(12(17)5-8)20-15(21)11-7-19-13-4-2-9(18)6-10(11)13/h1-7,19H,18H2,(H,20,21). The normalized spacial score (nSPS) is 10.8. The molecule has 3 aromatic rings. The summed E-state index contributed by atoms with van der Waals surface area (Å²) in [6, 6.07) is 9.28. The molecular weight excluding hydrogens is 293 g/mol. The lowest BCUT2D eigenvalue weighted by atomic mass is 10.1. The quantitative estimate of drug-likeness (QED) is 0.630. The maximum atomic E-state index is 13.7. The van der Waals surface area contributed by atoms with E-state index in [1.165, 1.54) is 12.1 Å². The average Bonchev–Trinajstić information content (AvgIpc) is 2.85. The molecule has 0 saturated heterocycles. The van der Waals surface area contributed by atoms with E-state index in [4.69, 9.17) is 17.3 Å². The molecule has 106 valence electrons. The highest BCUT2D eigenvalue weighted by atomic mass is 35.5. The molecule has 2 aromatic carbocycles. The molecule has 0 bridgehead atoms. The molecule has 6 heteroatoms. The van der Waals surface area contributed by atoms with Gasteiger partial charge in [-0.25, -0.2) is 4.39 Å². The molecular formula is C15H11ClFN3O. The molecule has 4 N–H and O–H groups in total. The fourth-order valence-electron chi connectivity index (χ4n) is 2.11. The van der Waals surface area contributed by atoms with Gasteiger partial charge in [0.05, 0.1) is 11.3 Å². The largest absolute Gasteiger partial charge is 0.399 e. The van der Waals surface area contributed by atoms with Crippen LogP contribution < -0.4 is 11.1 Å². The molecule has 0 spiro atoms. The Hall–Kier alpha value is -2.53. The summed E-state index contributed by atoms with van der Waals surface area (Å²) in [5.41, 5.74) is 7.53. The van der Waals surface area contributed by atoms with Crippen molar-refractivity contribution in [1.82, 2.24) is 4.98 Å². The molecule has 4 nitrogen and oxygen atoms in total. The molecule has 3 rings (SSSR count). The van der Waals surface area contributed by atoms with Gasteiger partial charge in [0.15, 0.2) is 0 Å². The van der Waals surface area contributed by atoms with Crippen LogP contribution in [0.4, 0.5) is 15.8 Å². The number of hydrogen-bond donors (Lipinski definition) is 3. The van der Waals surface area contributed by atoms with Crippen molar-refractivity contribution in [2.75, 3.05) is 11.1 Å². The third-order valence-electron chi connectivity index (χ3n) is 3.13. The lowest BCUT2D eigenvalue weighted by Crippen LogP contribution is -2.12. The molecule has 21 heavy (non-hydrogen) atoms. The second kappa shape index (κ2) is 5.10. The third kappa shape index (κ3) is 2.55. The van der Waals surface area contributed by atoms with Gasteiger partial charge in [0.2, 0.25) is 0 Å². The Bertz CT molecular complexity index is 844. The Morgan fingerprint density at radius 1 is 1.24 bits per heavy atom. The van der Waals surface area contributed by atoms with Crippen molar-refractivity contribution < 1.29 is 9.18 Å². The molecule has 0 aliphatic carbocycles. The summed E-state index contributed by atoms with van der Waals surface area (Å²) in [5, 5.41) is 3.47. The van der Waals surface area contributed by atoms with Gasteiger partial charge in [-0.1, -0.05) is 11.6 Å². The van der Waals surface area contributed by atoms with Gasteiger partial charge in [-0.05, 0) is 36.4 Å². The van der Waals surface area contributed by atoms with Crippen molar-refractivity contribution in [1.29, 1.82) is 0 Å². The minimum Gasteiger partial charge on any atom is -0.399 e. The number of carbonyl (C=O) groups excluding carboxylic acids is 1. The second-order valence-electron chi connectivity index (χ2n) is 4.59. The van der Waals surface area contributed by atoms with Gasteiger partial charge in [-0.3, -0.25) is 4.79 Å². The van der Waals surface area contributed by atoms with Crippen molar-refractivity contribution in [3.63, 3.8) is 0 Å². The van der Waals surface area contributed by atoms with Crippen molar-refractivity contribution in [2.24, 2.45) is 0 Å². The summed E-state index contributed by atoms with van der Waals surface area (Å²) >= 11 is 5.68. The average molecular weight is 304 g/mol. The highest BCUT2D eigenvalue weighted by Gasteiger charge is 2.14. The molecule has 0 aliphatic rings. The molecule has 1 heterocycles. The van der Waals surface area contributed by atoms with Crippen LogP contribution in [0.1, 0.15) is 10.4 Å². The Labute approximate surface area is 124 Å². The minimum atomic E-state index is -0.588. The Morgan fingerprint density at radius 3 is 2.81 bits per heavy atom. The Kier molecular flexibility index (Phi) is 3.27. The highest BCUT2D eigenvalue weighted by molar-refractivity contribution is 6.30. The van der Waals surface area contributed by atoms with Gasteiger partial charge >= 0.3 is 0 Å². The summed E-state index contributed by atoms with van der Waals surface area (Å²) < 4.78 is 13.7. The molecule has 0 fully saturated rings. The lowest BCUT2D eigenvalue weighted by Gasteiger charge is -2.06. The van der Waals surface area contributed by atoms with Gasteiger partial charge in [-0.2, -0.15) is 0 Å². The van der Waals surface area contributed by atoms with Crippen molar-refractivity contribution in [3.8, 4) is 0 Å². The fraction of sp³-hybridized carbons (Fsp3) is 0. The molecule has 1 amide bonds. The van der Waals surface area contributed by atoms with Crippen LogP contribution in [0.25, 0.3) is 10.9 Å². The fourth-order valence-corrected chi connectivity index (χ4v) is 2.27. The van der Waals surface area contributed by atoms with Crippen LogP contribution >= 0.6 is 11.6 Å². The van der Waals surface area contributed by atoms with Gasteiger partial charge in [0.25, 0.3) is 5.91 Å². The van der Waals surface area contributed by atoms with Crippen LogP contribution in [0.15, 0.2) is 42.6 Å². The van der Waals surface area contributed by atoms with E-state index in [0.717, 1.165) is 11.6 Å². The van der Waals surface area contributed by atoms with Gasteiger partial charge < -0.3 is 16.0 Å². The highest BCUT2D eigenvalue weighted by Crippen LogP contribution is 2.23. The number of H-pyrrole nitrogens is 1. The van der Waals surface area contributed by atoms with E-state index in [0.29, 0.717) is 16.6 Å². The number of hydrogen-bond acceptors (Lipinski definition) is 2. The van der Waals surface area contributed by atoms with Gasteiger partial charge in [0.1, 0.15) is 5.82 Å². The summed E-state index contributed by atoms with van der Waals surface area (Å²) in [6.45, 7) is 0. The number of fused-ring (bicyclic) bond motifs is 1. The number of nitrogens with one attached hydrogen (secondary N) is 2. The van der Waals surface area contributed by atoms with Crippen LogP contribution in [0.2, 0.25) is 5.02 Å². The number of aromatic amines is 1. The first-order chi connectivity index (χ1) is 10.0. The van der Waals surface area contributed by atoms with Crippen LogP contribution in [-0.2, 0) is 0 Å². The van der Waals surface area contributed by atoms with E-state index in [2.05, 4.69) is 10.3 Å². The maximum Gasteiger partial charge on any atom is 0.257 e. The zero-order valence-corrected chi connectivity index (χ0v) is 11.5. The molecule has 0 atom stereocenters. The minimum absolute atomic E-state index is 0.0719. The zero-order chi connectivity index (χ0) is 15.0. The summed E-state index contributed by atoms with van der Waals surface area (Å²) in [5.74, 6) is -1.01. The zero-order valence-electron chi connectivity index (χ0n) is 10.8. The number of carbonyl (C=O) groups is 1. The van der Waals surface area contributed by atoms with Crippen molar-refractivity contribution in [3.05, 3.63) is 59.0 Å². The number of anilines is 2. The summed E-state index contributed by atoms with van der Waals surface area (Å²) in [7, 11) is 0.